The minimum absolute atomic E-state index is 0.181. The molecule has 1 atom stereocenters. The second-order valence-electron chi connectivity index (χ2n) is 5.04. The number of carbonyl (C=O) groups is 1. The molecule has 0 radical (unpaired) electrons. The number of halogens is 1. The zero-order chi connectivity index (χ0) is 14.6. The van der Waals surface area contributed by atoms with Crippen molar-refractivity contribution in [3.8, 4) is 0 Å². The number of nitrogens with zero attached hydrogens (tertiary/aromatic N) is 1. The fourth-order valence-corrected chi connectivity index (χ4v) is 3.00. The topological polar surface area (TPSA) is 41.6 Å². The second kappa shape index (κ2) is 6.70. The summed E-state index contributed by atoms with van der Waals surface area (Å²) in [5.74, 6) is -0.181. The Hall–Kier alpha value is -0.910. The number of hydrogen-bond donors (Lipinski definition) is 1. The van der Waals surface area contributed by atoms with Gasteiger partial charge in [-0.25, -0.2) is 4.79 Å². The first-order valence-corrected chi connectivity index (χ1v) is 7.77. The van der Waals surface area contributed by atoms with Crippen LogP contribution in [0.2, 0.25) is 0 Å². The number of piperazine rings is 1. The van der Waals surface area contributed by atoms with E-state index in [-0.39, 0.29) is 5.97 Å². The van der Waals surface area contributed by atoms with Crippen LogP contribution in [0.3, 0.4) is 0 Å². The summed E-state index contributed by atoms with van der Waals surface area (Å²) in [7, 11) is 0. The molecule has 1 aromatic rings. The van der Waals surface area contributed by atoms with Gasteiger partial charge >= 0.3 is 5.97 Å². The number of hydrogen-bond acceptors (Lipinski definition) is 4. The molecule has 1 heterocycles. The van der Waals surface area contributed by atoms with Gasteiger partial charge in [-0.15, -0.1) is 0 Å². The summed E-state index contributed by atoms with van der Waals surface area (Å²) in [4.78, 5) is 14.8. The van der Waals surface area contributed by atoms with Crippen LogP contribution in [0.15, 0.2) is 28.7 Å². The van der Waals surface area contributed by atoms with E-state index in [0.29, 0.717) is 6.61 Å². The highest BCUT2D eigenvalue weighted by atomic mass is 79.9. The molecular weight excluding hydrogens is 320 g/mol. The van der Waals surface area contributed by atoms with Crippen LogP contribution in [-0.4, -0.2) is 43.7 Å². The summed E-state index contributed by atoms with van der Waals surface area (Å²) >= 11 is 3.48. The highest BCUT2D eigenvalue weighted by Crippen LogP contribution is 2.31. The number of ether oxygens (including phenoxy) is 1. The smallest absolute Gasteiger partial charge is 0.330 e. The van der Waals surface area contributed by atoms with Gasteiger partial charge in [-0.05, 0) is 31.5 Å². The molecule has 1 aliphatic heterocycles. The molecule has 0 aliphatic carbocycles. The van der Waals surface area contributed by atoms with Gasteiger partial charge in [0.25, 0.3) is 0 Å². The minimum Gasteiger partial charge on any atom is -0.464 e. The van der Waals surface area contributed by atoms with Crippen molar-refractivity contribution in [2.45, 2.75) is 19.4 Å². The summed E-state index contributed by atoms with van der Waals surface area (Å²) in [6.45, 7) is 7.65. The third-order valence-corrected chi connectivity index (χ3v) is 4.30. The minimum atomic E-state index is -0.734. The number of carbonyl (C=O) groups excluding carboxylic acids is 1. The normalized spacial score (nSPS) is 19.4. The molecule has 0 bridgehead atoms. The SMILES string of the molecule is CCOC(=O)C(C)(c1cccc(Br)c1)N1CCNCC1. The lowest BCUT2D eigenvalue weighted by Crippen LogP contribution is -2.57. The first-order chi connectivity index (χ1) is 9.59. The molecular formula is C15H21BrN2O2. The van der Waals surface area contributed by atoms with Crippen molar-refractivity contribution in [3.63, 3.8) is 0 Å². The highest BCUT2D eigenvalue weighted by molar-refractivity contribution is 9.10. The standard InChI is InChI=1S/C15H21BrN2O2/c1-3-20-14(19)15(2,18-9-7-17-8-10-18)12-5-4-6-13(16)11-12/h4-6,11,17H,3,7-10H2,1-2H3. The van der Waals surface area contributed by atoms with Gasteiger partial charge in [0.2, 0.25) is 0 Å². The zero-order valence-corrected chi connectivity index (χ0v) is 13.6. The van der Waals surface area contributed by atoms with Crippen LogP contribution >= 0.6 is 15.9 Å². The molecule has 1 unspecified atom stereocenters. The van der Waals surface area contributed by atoms with Crippen LogP contribution in [0.5, 0.6) is 0 Å². The van der Waals surface area contributed by atoms with E-state index in [2.05, 4.69) is 26.1 Å². The van der Waals surface area contributed by atoms with E-state index in [1.54, 1.807) is 0 Å². The van der Waals surface area contributed by atoms with Crippen molar-refractivity contribution in [2.75, 3.05) is 32.8 Å². The van der Waals surface area contributed by atoms with Crippen molar-refractivity contribution in [1.29, 1.82) is 0 Å². The van der Waals surface area contributed by atoms with E-state index in [0.717, 1.165) is 36.2 Å². The van der Waals surface area contributed by atoms with E-state index in [1.807, 2.05) is 38.1 Å². The number of rotatable bonds is 4. The molecule has 5 heteroatoms. The summed E-state index contributed by atoms with van der Waals surface area (Å²) in [5.41, 5.74) is 0.231. The Morgan fingerprint density at radius 2 is 2.15 bits per heavy atom. The molecule has 0 saturated carbocycles. The Balaban J connectivity index is 2.39. The van der Waals surface area contributed by atoms with Crippen molar-refractivity contribution in [2.24, 2.45) is 0 Å². The van der Waals surface area contributed by atoms with Gasteiger partial charge in [-0.1, -0.05) is 28.1 Å². The maximum atomic E-state index is 12.6. The van der Waals surface area contributed by atoms with Crippen molar-refractivity contribution in [1.82, 2.24) is 10.2 Å². The van der Waals surface area contributed by atoms with E-state index in [4.69, 9.17) is 4.74 Å². The third-order valence-electron chi connectivity index (χ3n) is 3.81. The molecule has 2 rings (SSSR count). The van der Waals surface area contributed by atoms with E-state index in [1.165, 1.54) is 0 Å². The number of nitrogens with one attached hydrogen (secondary N) is 1. The third kappa shape index (κ3) is 3.05. The van der Waals surface area contributed by atoms with Crippen LogP contribution in [0.25, 0.3) is 0 Å². The molecule has 4 nitrogen and oxygen atoms in total. The molecule has 20 heavy (non-hydrogen) atoms. The summed E-state index contributed by atoms with van der Waals surface area (Å²) in [5, 5.41) is 3.32. The predicted molar refractivity (Wildman–Crippen MR) is 82.6 cm³/mol. The number of esters is 1. The van der Waals surface area contributed by atoms with Gasteiger partial charge in [0.05, 0.1) is 6.61 Å². The Labute approximate surface area is 128 Å². The first-order valence-electron chi connectivity index (χ1n) is 6.98. The second-order valence-corrected chi connectivity index (χ2v) is 5.96. The fraction of sp³-hybridized carbons (Fsp3) is 0.533. The van der Waals surface area contributed by atoms with E-state index in [9.17, 15) is 4.79 Å². The Morgan fingerprint density at radius 3 is 2.75 bits per heavy atom. The highest BCUT2D eigenvalue weighted by Gasteiger charge is 2.43. The average molecular weight is 341 g/mol. The molecule has 110 valence electrons. The maximum Gasteiger partial charge on any atom is 0.330 e. The van der Waals surface area contributed by atoms with Gasteiger partial charge < -0.3 is 10.1 Å². The van der Waals surface area contributed by atoms with Crippen LogP contribution in [-0.2, 0) is 15.1 Å². The fourth-order valence-electron chi connectivity index (χ4n) is 2.60. The molecule has 0 spiro atoms. The average Bonchev–Trinajstić information content (AvgIpc) is 2.47. The summed E-state index contributed by atoms with van der Waals surface area (Å²) in [6, 6.07) is 7.91. The van der Waals surface area contributed by atoms with Crippen LogP contribution in [0.4, 0.5) is 0 Å². The quantitative estimate of drug-likeness (QED) is 0.852. The van der Waals surface area contributed by atoms with Gasteiger partial charge in [-0.2, -0.15) is 0 Å². The molecule has 0 aromatic heterocycles. The van der Waals surface area contributed by atoms with E-state index < -0.39 is 5.54 Å². The van der Waals surface area contributed by atoms with Crippen molar-refractivity contribution >= 4 is 21.9 Å². The van der Waals surface area contributed by atoms with Crippen LogP contribution in [0.1, 0.15) is 19.4 Å². The molecule has 1 N–H and O–H groups in total. The maximum absolute atomic E-state index is 12.6. The summed E-state index contributed by atoms with van der Waals surface area (Å²) < 4.78 is 6.31. The molecule has 1 aromatic carbocycles. The molecule has 1 saturated heterocycles. The Kier molecular flexibility index (Phi) is 5.18. The predicted octanol–water partition coefficient (Wildman–Crippen LogP) is 2.13. The van der Waals surface area contributed by atoms with Gasteiger partial charge in [0, 0.05) is 30.7 Å². The first kappa shape index (κ1) is 15.5. The van der Waals surface area contributed by atoms with Gasteiger partial charge in [-0.3, -0.25) is 4.90 Å². The zero-order valence-electron chi connectivity index (χ0n) is 12.0. The van der Waals surface area contributed by atoms with Crippen LogP contribution < -0.4 is 5.32 Å². The number of benzene rings is 1. The molecule has 0 amide bonds. The lowest BCUT2D eigenvalue weighted by atomic mass is 9.89. The van der Waals surface area contributed by atoms with Gasteiger partial charge in [0.1, 0.15) is 5.54 Å². The molecule has 1 aliphatic rings. The van der Waals surface area contributed by atoms with Crippen LogP contribution in [0, 0.1) is 0 Å². The molecule has 1 fully saturated rings. The van der Waals surface area contributed by atoms with Gasteiger partial charge in [0.15, 0.2) is 0 Å². The largest absolute Gasteiger partial charge is 0.464 e. The van der Waals surface area contributed by atoms with Crippen molar-refractivity contribution in [3.05, 3.63) is 34.3 Å². The Bertz CT molecular complexity index is 475. The lowest BCUT2D eigenvalue weighted by Gasteiger charge is -2.41. The lowest BCUT2D eigenvalue weighted by molar-refractivity contribution is -0.158. The van der Waals surface area contributed by atoms with Crippen molar-refractivity contribution < 1.29 is 9.53 Å². The Morgan fingerprint density at radius 1 is 1.45 bits per heavy atom. The monoisotopic (exact) mass is 340 g/mol. The van der Waals surface area contributed by atoms with E-state index >= 15 is 0 Å². The summed E-state index contributed by atoms with van der Waals surface area (Å²) in [6.07, 6.45) is 0.